The van der Waals surface area contributed by atoms with Crippen LogP contribution in [0.25, 0.3) is 0 Å². The molecule has 1 aromatic carbocycles. The molecule has 6 nitrogen and oxygen atoms in total. The maximum atomic E-state index is 12.4. The maximum Gasteiger partial charge on any atom is 0.408 e. The summed E-state index contributed by atoms with van der Waals surface area (Å²) in [6, 6.07) is 8.82. The molecule has 6 heteroatoms. The number of hydrogen-bond acceptors (Lipinski definition) is 4. The number of carbonyl (C=O) groups excluding carboxylic acids is 2. The van der Waals surface area contributed by atoms with Gasteiger partial charge < -0.3 is 10.1 Å². The first-order valence-electron chi connectivity index (χ1n) is 8.48. The molecule has 0 aromatic heterocycles. The van der Waals surface area contributed by atoms with E-state index in [4.69, 9.17) is 4.74 Å². The van der Waals surface area contributed by atoms with Crippen molar-refractivity contribution in [2.45, 2.75) is 39.8 Å². The van der Waals surface area contributed by atoms with Gasteiger partial charge in [-0.25, -0.2) is 9.80 Å². The van der Waals surface area contributed by atoms with E-state index in [1.54, 1.807) is 0 Å². The molecule has 0 bridgehead atoms. The molecule has 0 spiro atoms. The number of nitrogens with one attached hydrogen (secondary N) is 2. The summed E-state index contributed by atoms with van der Waals surface area (Å²) in [5.74, 6) is 0.344. The van der Waals surface area contributed by atoms with Crippen LogP contribution in [0, 0.1) is 11.8 Å². The summed E-state index contributed by atoms with van der Waals surface area (Å²) in [6.07, 6.45) is 0.488. The van der Waals surface area contributed by atoms with Crippen LogP contribution in [0.2, 0.25) is 0 Å². The van der Waals surface area contributed by atoms with E-state index in [0.29, 0.717) is 5.92 Å². The van der Waals surface area contributed by atoms with Crippen LogP contribution in [0.1, 0.15) is 32.8 Å². The third-order valence-electron chi connectivity index (χ3n) is 4.13. The first-order valence-corrected chi connectivity index (χ1v) is 8.48. The van der Waals surface area contributed by atoms with E-state index in [-0.39, 0.29) is 18.4 Å². The lowest BCUT2D eigenvalue weighted by Gasteiger charge is -2.25. The predicted octanol–water partition coefficient (Wildman–Crippen LogP) is 2.31. The Labute approximate surface area is 143 Å². The molecular weight excluding hydrogens is 306 g/mol. The first kappa shape index (κ1) is 18.3. The van der Waals surface area contributed by atoms with E-state index in [1.165, 1.54) is 0 Å². The summed E-state index contributed by atoms with van der Waals surface area (Å²) in [5.41, 5.74) is 3.80. The fourth-order valence-electron chi connectivity index (χ4n) is 2.69. The fourth-order valence-corrected chi connectivity index (χ4v) is 2.69. The monoisotopic (exact) mass is 333 g/mol. The van der Waals surface area contributed by atoms with Crippen LogP contribution in [0.3, 0.4) is 0 Å². The molecule has 2 rings (SSSR count). The van der Waals surface area contributed by atoms with Gasteiger partial charge in [-0.1, -0.05) is 51.1 Å². The number of ether oxygens (including phenoxy) is 1. The molecule has 0 radical (unpaired) electrons. The average Bonchev–Trinajstić information content (AvgIpc) is 2.96. The number of amides is 2. The van der Waals surface area contributed by atoms with Gasteiger partial charge in [-0.05, 0) is 23.8 Å². The SMILES string of the molecule is CC1CCN(NC(=O)C(NC(=O)OCc2ccccc2)C(C)C)C1. The van der Waals surface area contributed by atoms with Gasteiger partial charge in [-0.2, -0.15) is 0 Å². The van der Waals surface area contributed by atoms with Crippen LogP contribution in [0.5, 0.6) is 0 Å². The lowest BCUT2D eigenvalue weighted by molar-refractivity contribution is -0.128. The van der Waals surface area contributed by atoms with Gasteiger partial charge in [0.2, 0.25) is 0 Å². The zero-order valence-electron chi connectivity index (χ0n) is 14.6. The van der Waals surface area contributed by atoms with Gasteiger partial charge in [0.25, 0.3) is 5.91 Å². The molecule has 2 amide bonds. The minimum Gasteiger partial charge on any atom is -0.445 e. The van der Waals surface area contributed by atoms with Gasteiger partial charge in [0.05, 0.1) is 0 Å². The lowest BCUT2D eigenvalue weighted by Crippen LogP contribution is -2.54. The average molecular weight is 333 g/mol. The molecule has 0 saturated carbocycles. The minimum atomic E-state index is -0.621. The Morgan fingerprint density at radius 1 is 1.29 bits per heavy atom. The smallest absolute Gasteiger partial charge is 0.408 e. The van der Waals surface area contributed by atoms with Crippen LogP contribution in [0.4, 0.5) is 4.79 Å². The number of rotatable bonds is 6. The molecule has 1 aliphatic heterocycles. The highest BCUT2D eigenvalue weighted by Crippen LogP contribution is 2.13. The molecule has 0 aliphatic carbocycles. The predicted molar refractivity (Wildman–Crippen MR) is 91.9 cm³/mol. The maximum absolute atomic E-state index is 12.4. The molecule has 24 heavy (non-hydrogen) atoms. The van der Waals surface area contributed by atoms with Gasteiger partial charge in [0.15, 0.2) is 0 Å². The van der Waals surface area contributed by atoms with Crippen LogP contribution in [0.15, 0.2) is 30.3 Å². The molecule has 1 fully saturated rings. The third kappa shape index (κ3) is 5.53. The van der Waals surface area contributed by atoms with Gasteiger partial charge >= 0.3 is 6.09 Å². The highest BCUT2D eigenvalue weighted by Gasteiger charge is 2.28. The highest BCUT2D eigenvalue weighted by molar-refractivity contribution is 5.85. The normalized spacial score (nSPS) is 19.1. The lowest BCUT2D eigenvalue weighted by atomic mass is 10.0. The number of nitrogens with zero attached hydrogens (tertiary/aromatic N) is 1. The van der Waals surface area contributed by atoms with Crippen molar-refractivity contribution in [3.05, 3.63) is 35.9 Å². The van der Waals surface area contributed by atoms with Crippen LogP contribution < -0.4 is 10.7 Å². The largest absolute Gasteiger partial charge is 0.445 e. The third-order valence-corrected chi connectivity index (χ3v) is 4.13. The van der Waals surface area contributed by atoms with E-state index < -0.39 is 12.1 Å². The van der Waals surface area contributed by atoms with Crippen molar-refractivity contribution in [3.8, 4) is 0 Å². The Morgan fingerprint density at radius 3 is 2.58 bits per heavy atom. The zero-order valence-corrected chi connectivity index (χ0v) is 14.6. The number of benzene rings is 1. The molecule has 1 saturated heterocycles. The Bertz CT molecular complexity index is 548. The summed E-state index contributed by atoms with van der Waals surface area (Å²) >= 11 is 0. The molecule has 1 aliphatic rings. The summed E-state index contributed by atoms with van der Waals surface area (Å²) in [4.78, 5) is 24.4. The second kappa shape index (κ2) is 8.68. The number of alkyl carbamates (subject to hydrolysis) is 1. The molecular formula is C18H27N3O3. The Kier molecular flexibility index (Phi) is 6.61. The zero-order chi connectivity index (χ0) is 17.5. The van der Waals surface area contributed by atoms with Crippen molar-refractivity contribution in [2.75, 3.05) is 13.1 Å². The van der Waals surface area contributed by atoms with E-state index >= 15 is 0 Å². The van der Waals surface area contributed by atoms with Crippen molar-refractivity contribution < 1.29 is 14.3 Å². The molecule has 1 aromatic rings. The number of hydrogen-bond donors (Lipinski definition) is 2. The second-order valence-corrected chi connectivity index (χ2v) is 6.74. The molecule has 1 heterocycles. The Balaban J connectivity index is 1.83. The molecule has 2 atom stereocenters. The molecule has 132 valence electrons. The quantitative estimate of drug-likeness (QED) is 0.838. The van der Waals surface area contributed by atoms with Gasteiger partial charge in [0, 0.05) is 13.1 Å². The van der Waals surface area contributed by atoms with E-state index in [2.05, 4.69) is 17.7 Å². The van der Waals surface area contributed by atoms with Crippen molar-refractivity contribution in [3.63, 3.8) is 0 Å². The summed E-state index contributed by atoms with van der Waals surface area (Å²) in [5, 5.41) is 4.59. The van der Waals surface area contributed by atoms with Crippen LogP contribution in [-0.2, 0) is 16.1 Å². The fraction of sp³-hybridized carbons (Fsp3) is 0.556. The van der Waals surface area contributed by atoms with Crippen molar-refractivity contribution in [1.29, 1.82) is 0 Å². The second-order valence-electron chi connectivity index (χ2n) is 6.74. The van der Waals surface area contributed by atoms with Crippen molar-refractivity contribution in [1.82, 2.24) is 15.8 Å². The van der Waals surface area contributed by atoms with Gasteiger partial charge in [0.1, 0.15) is 12.6 Å². The molecule has 2 N–H and O–H groups in total. The first-order chi connectivity index (χ1) is 11.5. The Morgan fingerprint density at radius 2 is 2.00 bits per heavy atom. The van der Waals surface area contributed by atoms with Crippen LogP contribution in [-0.4, -0.2) is 36.1 Å². The topological polar surface area (TPSA) is 70.7 Å². The standard InChI is InChI=1S/C18H27N3O3/c1-13(2)16(17(22)20-21-10-9-14(3)11-21)19-18(23)24-12-15-7-5-4-6-8-15/h4-8,13-14,16H,9-12H2,1-3H3,(H,19,23)(H,20,22). The van der Waals surface area contributed by atoms with Gasteiger partial charge in [-0.15, -0.1) is 0 Å². The van der Waals surface area contributed by atoms with Crippen molar-refractivity contribution in [2.24, 2.45) is 11.8 Å². The minimum absolute atomic E-state index is 0.0331. The highest BCUT2D eigenvalue weighted by atomic mass is 16.5. The van der Waals surface area contributed by atoms with E-state index in [1.807, 2.05) is 49.2 Å². The molecule has 2 unspecified atom stereocenters. The van der Waals surface area contributed by atoms with Crippen molar-refractivity contribution >= 4 is 12.0 Å². The van der Waals surface area contributed by atoms with Crippen LogP contribution >= 0.6 is 0 Å². The summed E-state index contributed by atoms with van der Waals surface area (Å²) < 4.78 is 5.20. The summed E-state index contributed by atoms with van der Waals surface area (Å²) in [6.45, 7) is 7.82. The van der Waals surface area contributed by atoms with E-state index in [9.17, 15) is 9.59 Å². The number of hydrazine groups is 1. The van der Waals surface area contributed by atoms with Gasteiger partial charge in [-0.3, -0.25) is 10.2 Å². The number of carbonyl (C=O) groups is 2. The van der Waals surface area contributed by atoms with E-state index in [0.717, 1.165) is 25.1 Å². The Hall–Kier alpha value is -2.08. The summed E-state index contributed by atoms with van der Waals surface area (Å²) in [7, 11) is 0.